The smallest absolute Gasteiger partial charge is 0.123 e. The van der Waals surface area contributed by atoms with Gasteiger partial charge in [0.25, 0.3) is 0 Å². The molecule has 0 heterocycles. The molecule has 6 rings (SSSR count). The van der Waals surface area contributed by atoms with Crippen LogP contribution in [0.15, 0.2) is 115 Å². The second kappa shape index (κ2) is 8.83. The summed E-state index contributed by atoms with van der Waals surface area (Å²) in [5, 5.41) is 6.59. The molecule has 162 valence electrons. The Labute approximate surface area is 203 Å². The van der Waals surface area contributed by atoms with E-state index >= 15 is 0 Å². The summed E-state index contributed by atoms with van der Waals surface area (Å²) < 4.78 is 13.4. The molecule has 0 saturated carbocycles. The molecule has 0 amide bonds. The molecule has 0 atom stereocenters. The third-order valence-corrected chi connectivity index (χ3v) is 6.17. The van der Waals surface area contributed by atoms with Gasteiger partial charge < -0.3 is 0 Å². The van der Waals surface area contributed by atoms with Gasteiger partial charge in [-0.05, 0) is 80.8 Å². The Bertz CT molecular complexity index is 1840. The monoisotopic (exact) mass is 446 g/mol. The highest BCUT2D eigenvalue weighted by Gasteiger charge is 2.13. The van der Waals surface area contributed by atoms with Gasteiger partial charge in [-0.1, -0.05) is 90.4 Å². The molecule has 0 radical (unpaired) electrons. The zero-order chi connectivity index (χ0) is 23.6. The summed E-state index contributed by atoms with van der Waals surface area (Å²) in [5.74, 6) is 13.2. The molecule has 0 unspecified atom stereocenters. The average molecular weight is 447 g/mol. The average Bonchev–Trinajstić information content (AvgIpc) is 2.91. The summed E-state index contributed by atoms with van der Waals surface area (Å²) in [5.41, 5.74) is 3.71. The van der Waals surface area contributed by atoms with E-state index in [1.54, 1.807) is 12.1 Å². The summed E-state index contributed by atoms with van der Waals surface area (Å²) >= 11 is 0. The van der Waals surface area contributed by atoms with Crippen LogP contribution in [-0.2, 0) is 0 Å². The van der Waals surface area contributed by atoms with Gasteiger partial charge in [0.2, 0.25) is 0 Å². The van der Waals surface area contributed by atoms with Crippen LogP contribution in [0, 0.1) is 29.5 Å². The van der Waals surface area contributed by atoms with E-state index in [1.165, 1.54) is 12.1 Å². The minimum atomic E-state index is -0.265. The van der Waals surface area contributed by atoms with Crippen molar-refractivity contribution in [1.82, 2.24) is 0 Å². The topological polar surface area (TPSA) is 0 Å². The van der Waals surface area contributed by atoms with Crippen LogP contribution in [0.4, 0.5) is 4.39 Å². The maximum absolute atomic E-state index is 13.4. The minimum absolute atomic E-state index is 0.265. The zero-order valence-corrected chi connectivity index (χ0v) is 18.8. The summed E-state index contributed by atoms with van der Waals surface area (Å²) in [6.45, 7) is 0. The Morgan fingerprint density at radius 3 is 1.40 bits per heavy atom. The van der Waals surface area contributed by atoms with Gasteiger partial charge in [0.1, 0.15) is 5.82 Å². The first kappa shape index (κ1) is 20.7. The normalized spacial score (nSPS) is 10.5. The van der Waals surface area contributed by atoms with Crippen LogP contribution in [0.5, 0.6) is 0 Å². The Balaban J connectivity index is 1.69. The largest absolute Gasteiger partial charge is 0.207 e. The number of halogens is 1. The first-order valence-corrected chi connectivity index (χ1v) is 11.5. The summed E-state index contributed by atoms with van der Waals surface area (Å²) in [6.07, 6.45) is 0. The van der Waals surface area contributed by atoms with Crippen molar-refractivity contribution in [3.8, 4) is 23.7 Å². The van der Waals surface area contributed by atoms with E-state index in [0.717, 1.165) is 54.6 Å². The SMILES string of the molecule is Fc1ccc(C#Cc2c3ccccc3c(C#Cc3ccccc3)c3cc4ccccc4cc23)cc1. The van der Waals surface area contributed by atoms with Crippen molar-refractivity contribution in [2.75, 3.05) is 0 Å². The molecule has 35 heavy (non-hydrogen) atoms. The fourth-order valence-electron chi connectivity index (χ4n) is 4.46. The first-order valence-electron chi connectivity index (χ1n) is 11.5. The predicted molar refractivity (Wildman–Crippen MR) is 144 cm³/mol. The summed E-state index contributed by atoms with van der Waals surface area (Å²) in [6, 6.07) is 37.4. The molecule has 0 aliphatic heterocycles. The van der Waals surface area contributed by atoms with Crippen LogP contribution in [0.3, 0.4) is 0 Å². The standard InChI is InChI=1S/C34H19F/c35-28-18-14-25(15-19-28)17-21-32-30-13-7-6-12-29(30)31(20-16-24-8-2-1-3-9-24)33-22-26-10-4-5-11-27(26)23-34(32)33/h1-15,18-19,22-23H. The Morgan fingerprint density at radius 2 is 0.857 bits per heavy atom. The molecule has 1 heteroatoms. The van der Waals surface area contributed by atoms with E-state index in [4.69, 9.17) is 0 Å². The summed E-state index contributed by atoms with van der Waals surface area (Å²) in [7, 11) is 0. The maximum atomic E-state index is 13.4. The fraction of sp³-hybridized carbons (Fsp3) is 0. The Kier molecular flexibility index (Phi) is 5.23. The van der Waals surface area contributed by atoms with Crippen LogP contribution >= 0.6 is 0 Å². The van der Waals surface area contributed by atoms with Crippen molar-refractivity contribution in [3.63, 3.8) is 0 Å². The predicted octanol–water partition coefficient (Wildman–Crippen LogP) is 8.08. The van der Waals surface area contributed by atoms with E-state index < -0.39 is 0 Å². The minimum Gasteiger partial charge on any atom is -0.207 e. The molecule has 0 bridgehead atoms. The quantitative estimate of drug-likeness (QED) is 0.163. The van der Waals surface area contributed by atoms with Gasteiger partial charge in [-0.15, -0.1) is 0 Å². The molecule has 6 aromatic rings. The number of fused-ring (bicyclic) bond motifs is 3. The van der Waals surface area contributed by atoms with Crippen molar-refractivity contribution in [1.29, 1.82) is 0 Å². The van der Waals surface area contributed by atoms with Gasteiger partial charge in [-0.3, -0.25) is 0 Å². The highest BCUT2D eigenvalue weighted by atomic mass is 19.1. The molecule has 0 spiro atoms. The Hall–Kier alpha value is -4.85. The molecule has 0 fully saturated rings. The van der Waals surface area contributed by atoms with Gasteiger partial charge in [0.15, 0.2) is 0 Å². The third kappa shape index (κ3) is 4.02. The van der Waals surface area contributed by atoms with Gasteiger partial charge in [0.05, 0.1) is 0 Å². The maximum Gasteiger partial charge on any atom is 0.123 e. The first-order chi connectivity index (χ1) is 17.3. The summed E-state index contributed by atoms with van der Waals surface area (Å²) in [4.78, 5) is 0. The van der Waals surface area contributed by atoms with E-state index in [2.05, 4.69) is 72.2 Å². The van der Waals surface area contributed by atoms with Gasteiger partial charge in [0, 0.05) is 22.3 Å². The molecular formula is C34H19F. The van der Waals surface area contributed by atoms with Crippen molar-refractivity contribution >= 4 is 32.3 Å². The van der Waals surface area contributed by atoms with Crippen molar-refractivity contribution in [2.45, 2.75) is 0 Å². The lowest BCUT2D eigenvalue weighted by molar-refractivity contribution is 0.627. The molecule has 0 aliphatic carbocycles. The van der Waals surface area contributed by atoms with Crippen LogP contribution in [-0.4, -0.2) is 0 Å². The van der Waals surface area contributed by atoms with Crippen LogP contribution in [0.25, 0.3) is 32.3 Å². The molecule has 0 saturated heterocycles. The second-order valence-corrected chi connectivity index (χ2v) is 8.41. The zero-order valence-electron chi connectivity index (χ0n) is 18.8. The van der Waals surface area contributed by atoms with E-state index in [-0.39, 0.29) is 5.82 Å². The molecule has 0 nitrogen and oxygen atoms in total. The van der Waals surface area contributed by atoms with E-state index in [9.17, 15) is 4.39 Å². The van der Waals surface area contributed by atoms with Crippen LogP contribution < -0.4 is 0 Å². The molecule has 0 N–H and O–H groups in total. The second-order valence-electron chi connectivity index (χ2n) is 8.41. The molecule has 6 aromatic carbocycles. The van der Waals surface area contributed by atoms with Gasteiger partial charge >= 0.3 is 0 Å². The molecule has 0 aromatic heterocycles. The fourth-order valence-corrected chi connectivity index (χ4v) is 4.46. The number of benzene rings is 6. The lowest BCUT2D eigenvalue weighted by atomic mass is 9.90. The van der Waals surface area contributed by atoms with E-state index in [1.807, 2.05) is 42.5 Å². The number of hydrogen-bond donors (Lipinski definition) is 0. The van der Waals surface area contributed by atoms with E-state index in [0.29, 0.717) is 0 Å². The Morgan fingerprint density at radius 1 is 0.400 bits per heavy atom. The lowest BCUT2D eigenvalue weighted by Gasteiger charge is -2.12. The van der Waals surface area contributed by atoms with Gasteiger partial charge in [-0.2, -0.15) is 0 Å². The van der Waals surface area contributed by atoms with Crippen molar-refractivity contribution in [3.05, 3.63) is 143 Å². The molecule has 0 aliphatic rings. The highest BCUT2D eigenvalue weighted by Crippen LogP contribution is 2.35. The number of rotatable bonds is 0. The van der Waals surface area contributed by atoms with Crippen LogP contribution in [0.2, 0.25) is 0 Å². The third-order valence-electron chi connectivity index (χ3n) is 6.17. The lowest BCUT2D eigenvalue weighted by Crippen LogP contribution is -1.91. The van der Waals surface area contributed by atoms with Gasteiger partial charge in [-0.25, -0.2) is 4.39 Å². The van der Waals surface area contributed by atoms with Crippen LogP contribution in [0.1, 0.15) is 22.3 Å². The van der Waals surface area contributed by atoms with Crippen molar-refractivity contribution < 1.29 is 4.39 Å². The number of hydrogen-bond acceptors (Lipinski definition) is 0. The highest BCUT2D eigenvalue weighted by molar-refractivity contribution is 6.13. The molecular weight excluding hydrogens is 427 g/mol. The van der Waals surface area contributed by atoms with Crippen molar-refractivity contribution in [2.24, 2.45) is 0 Å².